The molecule has 1 atom stereocenters. The van der Waals surface area contributed by atoms with E-state index in [0.717, 1.165) is 36.0 Å². The van der Waals surface area contributed by atoms with Gasteiger partial charge in [0.25, 0.3) is 0 Å². The average Bonchev–Trinajstić information content (AvgIpc) is 2.82. The Balaban J connectivity index is 1.57. The van der Waals surface area contributed by atoms with Crippen molar-refractivity contribution in [3.8, 4) is 28.0 Å². The van der Waals surface area contributed by atoms with Gasteiger partial charge in [0.1, 0.15) is 5.82 Å². The zero-order valence-electron chi connectivity index (χ0n) is 18.2. The van der Waals surface area contributed by atoms with Crippen LogP contribution in [0.2, 0.25) is 0 Å². The van der Waals surface area contributed by atoms with Crippen LogP contribution in [-0.2, 0) is 0 Å². The van der Waals surface area contributed by atoms with Crippen molar-refractivity contribution in [2.45, 2.75) is 26.2 Å². The van der Waals surface area contributed by atoms with E-state index in [1.807, 2.05) is 19.1 Å². The van der Waals surface area contributed by atoms with Gasteiger partial charge in [0.05, 0.1) is 7.11 Å². The highest BCUT2D eigenvalue weighted by atomic mass is 19.2. The van der Waals surface area contributed by atoms with Gasteiger partial charge in [-0.05, 0) is 72.6 Å². The Bertz CT molecular complexity index is 1180. The number of benzene rings is 3. The van der Waals surface area contributed by atoms with Gasteiger partial charge in [-0.25, -0.2) is 8.78 Å². The first-order valence-electron chi connectivity index (χ1n) is 10.8. The van der Waals surface area contributed by atoms with Crippen molar-refractivity contribution < 1.29 is 17.9 Å². The lowest BCUT2D eigenvalue weighted by Crippen LogP contribution is -2.03. The summed E-state index contributed by atoms with van der Waals surface area (Å²) in [6.45, 7) is 2.02. The molecule has 1 nitrogen and oxygen atoms in total. The summed E-state index contributed by atoms with van der Waals surface area (Å²) in [5.74, 6) is -1.81. The second kappa shape index (κ2) is 9.47. The van der Waals surface area contributed by atoms with Gasteiger partial charge in [0, 0.05) is 11.1 Å². The minimum Gasteiger partial charge on any atom is -0.494 e. The topological polar surface area (TPSA) is 9.23 Å². The Morgan fingerprint density at radius 2 is 1.53 bits per heavy atom. The van der Waals surface area contributed by atoms with Gasteiger partial charge in [0.2, 0.25) is 5.82 Å². The Hall–Kier alpha value is -3.27. The van der Waals surface area contributed by atoms with Crippen LogP contribution in [0.15, 0.2) is 72.8 Å². The summed E-state index contributed by atoms with van der Waals surface area (Å²) < 4.78 is 48.2. The average molecular weight is 435 g/mol. The number of halogens is 3. The highest BCUT2D eigenvalue weighted by Gasteiger charge is 2.17. The zero-order chi connectivity index (χ0) is 22.7. The first kappa shape index (κ1) is 21.9. The van der Waals surface area contributed by atoms with Crippen LogP contribution < -0.4 is 4.74 Å². The van der Waals surface area contributed by atoms with Gasteiger partial charge >= 0.3 is 0 Å². The van der Waals surface area contributed by atoms with Crippen LogP contribution in [0.1, 0.15) is 31.7 Å². The van der Waals surface area contributed by atoms with Crippen molar-refractivity contribution in [1.29, 1.82) is 0 Å². The largest absolute Gasteiger partial charge is 0.494 e. The molecule has 0 bridgehead atoms. The zero-order valence-corrected chi connectivity index (χ0v) is 18.2. The molecule has 32 heavy (non-hydrogen) atoms. The summed E-state index contributed by atoms with van der Waals surface area (Å²) in [6, 6.07) is 15.1. The van der Waals surface area contributed by atoms with E-state index in [1.54, 1.807) is 24.3 Å². The quantitative estimate of drug-likeness (QED) is 0.368. The third-order valence-corrected chi connectivity index (χ3v) is 6.03. The molecule has 0 aromatic heterocycles. The lowest BCUT2D eigenvalue weighted by atomic mass is 9.86. The number of ether oxygens (including phenoxy) is 1. The second-order valence-corrected chi connectivity index (χ2v) is 8.00. The van der Waals surface area contributed by atoms with E-state index < -0.39 is 11.6 Å². The fourth-order valence-electron chi connectivity index (χ4n) is 4.26. The highest BCUT2D eigenvalue weighted by molar-refractivity contribution is 5.74. The van der Waals surface area contributed by atoms with Crippen LogP contribution in [0.5, 0.6) is 5.75 Å². The van der Waals surface area contributed by atoms with Gasteiger partial charge in [-0.1, -0.05) is 54.6 Å². The molecule has 0 N–H and O–H groups in total. The van der Waals surface area contributed by atoms with Crippen LogP contribution in [0.25, 0.3) is 27.8 Å². The third-order valence-electron chi connectivity index (χ3n) is 6.03. The van der Waals surface area contributed by atoms with Crippen molar-refractivity contribution in [2.24, 2.45) is 5.92 Å². The Kier molecular flexibility index (Phi) is 6.50. The highest BCUT2D eigenvalue weighted by Crippen LogP contribution is 2.35. The Morgan fingerprint density at radius 3 is 2.16 bits per heavy atom. The maximum absolute atomic E-state index is 14.9. The summed E-state index contributed by atoms with van der Waals surface area (Å²) in [4.78, 5) is 0. The molecule has 4 rings (SSSR count). The fraction of sp³-hybridized carbons (Fsp3) is 0.214. The maximum Gasteiger partial charge on any atom is 0.201 e. The molecule has 0 aliphatic heterocycles. The predicted molar refractivity (Wildman–Crippen MR) is 124 cm³/mol. The van der Waals surface area contributed by atoms with Gasteiger partial charge in [-0.15, -0.1) is 0 Å². The summed E-state index contributed by atoms with van der Waals surface area (Å²) in [6.07, 6.45) is 9.26. The van der Waals surface area contributed by atoms with E-state index >= 15 is 0 Å². The molecule has 4 heteroatoms. The van der Waals surface area contributed by atoms with Crippen LogP contribution in [0, 0.1) is 23.4 Å². The molecule has 0 fully saturated rings. The lowest BCUT2D eigenvalue weighted by Gasteiger charge is -2.20. The van der Waals surface area contributed by atoms with E-state index in [-0.39, 0.29) is 17.1 Å². The van der Waals surface area contributed by atoms with E-state index in [4.69, 9.17) is 4.74 Å². The molecule has 0 saturated heterocycles. The molecule has 1 aliphatic rings. The summed E-state index contributed by atoms with van der Waals surface area (Å²) in [5.41, 5.74) is 3.94. The van der Waals surface area contributed by atoms with Crippen LogP contribution in [0.3, 0.4) is 0 Å². The minimum absolute atomic E-state index is 0.135. The second-order valence-electron chi connectivity index (χ2n) is 8.00. The molecule has 0 spiro atoms. The van der Waals surface area contributed by atoms with Crippen molar-refractivity contribution >= 4 is 5.57 Å². The van der Waals surface area contributed by atoms with Gasteiger partial charge in [-0.2, -0.15) is 4.39 Å². The monoisotopic (exact) mass is 434 g/mol. The molecule has 1 unspecified atom stereocenters. The van der Waals surface area contributed by atoms with Crippen LogP contribution in [0.4, 0.5) is 13.2 Å². The molecule has 1 aliphatic carbocycles. The molecule has 0 radical (unpaired) electrons. The molecule has 3 aromatic carbocycles. The molecule has 3 aromatic rings. The van der Waals surface area contributed by atoms with Gasteiger partial charge in [0.15, 0.2) is 11.6 Å². The first-order chi connectivity index (χ1) is 15.5. The molecular formula is C28H25F3O. The number of hydrogen-bond acceptors (Lipinski definition) is 1. The minimum atomic E-state index is -1.01. The van der Waals surface area contributed by atoms with Crippen molar-refractivity contribution in [2.75, 3.05) is 7.11 Å². The van der Waals surface area contributed by atoms with Crippen molar-refractivity contribution in [1.82, 2.24) is 0 Å². The molecular weight excluding hydrogens is 409 g/mol. The van der Waals surface area contributed by atoms with E-state index in [1.165, 1.54) is 25.3 Å². The van der Waals surface area contributed by atoms with Gasteiger partial charge < -0.3 is 4.74 Å². The van der Waals surface area contributed by atoms with Gasteiger partial charge in [-0.3, -0.25) is 0 Å². The maximum atomic E-state index is 14.9. The fourth-order valence-corrected chi connectivity index (χ4v) is 4.26. The number of hydrogen-bond donors (Lipinski definition) is 0. The molecule has 0 saturated carbocycles. The Labute approximate surface area is 186 Å². The molecule has 0 amide bonds. The lowest BCUT2D eigenvalue weighted by molar-refractivity contribution is 0.372. The van der Waals surface area contributed by atoms with E-state index in [9.17, 15) is 13.2 Å². The van der Waals surface area contributed by atoms with Crippen molar-refractivity contribution in [3.05, 3.63) is 95.8 Å². The number of methoxy groups -OCH3 is 1. The number of allylic oxidation sites excluding steroid dienone is 4. The summed E-state index contributed by atoms with van der Waals surface area (Å²) in [7, 11) is 1.29. The first-order valence-corrected chi connectivity index (χ1v) is 10.8. The van der Waals surface area contributed by atoms with Crippen LogP contribution >= 0.6 is 0 Å². The normalized spacial score (nSPS) is 16.3. The van der Waals surface area contributed by atoms with Crippen molar-refractivity contribution in [3.63, 3.8) is 0 Å². The van der Waals surface area contributed by atoms with E-state index in [0.29, 0.717) is 17.0 Å². The number of rotatable bonds is 5. The van der Waals surface area contributed by atoms with E-state index in [2.05, 4.69) is 18.2 Å². The predicted octanol–water partition coefficient (Wildman–Crippen LogP) is 8.21. The SMILES string of the molecule is CC=CC1CC=C(c2ccc(-c3ccc(-c4ccc(OC)c(F)c4F)cc3)cc2F)CC1. The summed E-state index contributed by atoms with van der Waals surface area (Å²) in [5, 5.41) is 0. The molecule has 164 valence electrons. The summed E-state index contributed by atoms with van der Waals surface area (Å²) >= 11 is 0. The Morgan fingerprint density at radius 1 is 0.844 bits per heavy atom. The molecule has 0 heterocycles. The third kappa shape index (κ3) is 4.36. The smallest absolute Gasteiger partial charge is 0.201 e. The standard InChI is InChI=1S/C28H25F3O/c1-3-4-18-5-7-20(8-6-18)23-14-13-22(17-25(23)29)19-9-11-21(12-10-19)24-15-16-26(32-2)28(31)27(24)30/h3-4,7,9-18H,5-6,8H2,1-2H3. The van der Waals surface area contributed by atoms with Crippen LogP contribution in [-0.4, -0.2) is 7.11 Å².